The number of aromatic carboxylic acids is 1. The standard InChI is InChI=1S/C6H7NO3S/c1-3(8)5-7-2-4(11-5)6(9)10/h2-3,8H,1H3,(H,9,10). The van der Waals surface area contributed by atoms with Crippen LogP contribution in [0.15, 0.2) is 6.20 Å². The Morgan fingerprint density at radius 3 is 2.73 bits per heavy atom. The molecule has 0 spiro atoms. The van der Waals surface area contributed by atoms with Gasteiger partial charge in [0.05, 0.1) is 6.20 Å². The number of aromatic nitrogens is 1. The van der Waals surface area contributed by atoms with E-state index in [0.717, 1.165) is 11.3 Å². The average molecular weight is 173 g/mol. The second kappa shape index (κ2) is 2.98. The van der Waals surface area contributed by atoms with Crippen molar-refractivity contribution in [1.29, 1.82) is 0 Å². The van der Waals surface area contributed by atoms with Gasteiger partial charge in [-0.3, -0.25) is 0 Å². The summed E-state index contributed by atoms with van der Waals surface area (Å²) in [7, 11) is 0. The van der Waals surface area contributed by atoms with Crippen LogP contribution in [0.25, 0.3) is 0 Å². The van der Waals surface area contributed by atoms with Crippen molar-refractivity contribution in [3.05, 3.63) is 16.1 Å². The summed E-state index contributed by atoms with van der Waals surface area (Å²) in [5, 5.41) is 17.9. The van der Waals surface area contributed by atoms with Gasteiger partial charge in [0.25, 0.3) is 0 Å². The predicted molar refractivity (Wildman–Crippen MR) is 39.7 cm³/mol. The predicted octanol–water partition coefficient (Wildman–Crippen LogP) is 0.895. The Kier molecular flexibility index (Phi) is 2.21. The fourth-order valence-electron chi connectivity index (χ4n) is 0.580. The maximum Gasteiger partial charge on any atom is 0.347 e. The Bertz CT molecular complexity index is 269. The number of hydrogen-bond acceptors (Lipinski definition) is 4. The maximum atomic E-state index is 10.3. The number of carboxylic acids is 1. The lowest BCUT2D eigenvalue weighted by molar-refractivity contribution is 0.0702. The van der Waals surface area contributed by atoms with Gasteiger partial charge in [0, 0.05) is 0 Å². The zero-order valence-corrected chi connectivity index (χ0v) is 6.63. The monoisotopic (exact) mass is 173 g/mol. The molecule has 0 aromatic carbocycles. The Balaban J connectivity index is 2.90. The zero-order chi connectivity index (χ0) is 8.43. The van der Waals surface area contributed by atoms with E-state index < -0.39 is 12.1 Å². The smallest absolute Gasteiger partial charge is 0.347 e. The van der Waals surface area contributed by atoms with Crippen molar-refractivity contribution < 1.29 is 15.0 Å². The number of nitrogens with zero attached hydrogens (tertiary/aromatic N) is 1. The molecule has 1 aromatic heterocycles. The van der Waals surface area contributed by atoms with Crippen LogP contribution >= 0.6 is 11.3 Å². The highest BCUT2D eigenvalue weighted by Gasteiger charge is 2.10. The van der Waals surface area contributed by atoms with Gasteiger partial charge in [-0.1, -0.05) is 0 Å². The fraction of sp³-hybridized carbons (Fsp3) is 0.333. The lowest BCUT2D eigenvalue weighted by atomic mass is 10.4. The Morgan fingerprint density at radius 2 is 2.45 bits per heavy atom. The van der Waals surface area contributed by atoms with Crippen molar-refractivity contribution in [3.63, 3.8) is 0 Å². The van der Waals surface area contributed by atoms with E-state index in [-0.39, 0.29) is 4.88 Å². The third kappa shape index (κ3) is 1.75. The van der Waals surface area contributed by atoms with E-state index in [1.807, 2.05) is 0 Å². The topological polar surface area (TPSA) is 70.4 Å². The number of aliphatic hydroxyl groups excluding tert-OH is 1. The molecule has 11 heavy (non-hydrogen) atoms. The van der Waals surface area contributed by atoms with Crippen LogP contribution in [0.4, 0.5) is 0 Å². The summed E-state index contributed by atoms with van der Waals surface area (Å²) in [6.07, 6.45) is 0.558. The summed E-state index contributed by atoms with van der Waals surface area (Å²) in [5.74, 6) is -1.01. The van der Waals surface area contributed by atoms with Gasteiger partial charge in [0.15, 0.2) is 0 Å². The van der Waals surface area contributed by atoms with Gasteiger partial charge < -0.3 is 10.2 Å². The number of hydrogen-bond donors (Lipinski definition) is 2. The second-order valence-electron chi connectivity index (χ2n) is 2.04. The molecule has 1 unspecified atom stereocenters. The molecule has 1 aromatic rings. The summed E-state index contributed by atoms with van der Waals surface area (Å²) >= 11 is 0.988. The second-order valence-corrected chi connectivity index (χ2v) is 3.11. The molecular weight excluding hydrogens is 166 g/mol. The first-order valence-electron chi connectivity index (χ1n) is 2.98. The van der Waals surface area contributed by atoms with Crippen LogP contribution < -0.4 is 0 Å². The van der Waals surface area contributed by atoms with Crippen molar-refractivity contribution in [2.24, 2.45) is 0 Å². The molecule has 0 fully saturated rings. The van der Waals surface area contributed by atoms with Crippen LogP contribution in [0.3, 0.4) is 0 Å². The Labute approximate surface area is 67.1 Å². The summed E-state index contributed by atoms with van der Waals surface area (Å²) in [5.41, 5.74) is 0. The molecule has 0 radical (unpaired) electrons. The number of carbonyl (C=O) groups is 1. The third-order valence-electron chi connectivity index (χ3n) is 1.09. The quantitative estimate of drug-likeness (QED) is 0.696. The molecule has 0 saturated heterocycles. The lowest BCUT2D eigenvalue weighted by Gasteiger charge is -1.94. The number of rotatable bonds is 2. The summed E-state index contributed by atoms with van der Waals surface area (Å²) in [4.78, 5) is 14.2. The molecule has 1 atom stereocenters. The van der Waals surface area contributed by atoms with Crippen molar-refractivity contribution >= 4 is 17.3 Å². The highest BCUT2D eigenvalue weighted by Crippen LogP contribution is 2.18. The van der Waals surface area contributed by atoms with Crippen molar-refractivity contribution in [2.45, 2.75) is 13.0 Å². The molecule has 0 amide bonds. The van der Waals surface area contributed by atoms with Crippen LogP contribution in [0.2, 0.25) is 0 Å². The van der Waals surface area contributed by atoms with E-state index in [9.17, 15) is 4.79 Å². The van der Waals surface area contributed by atoms with Crippen molar-refractivity contribution in [2.75, 3.05) is 0 Å². The number of carboxylic acid groups (broad SMARTS) is 1. The van der Waals surface area contributed by atoms with E-state index in [0.29, 0.717) is 5.01 Å². The minimum atomic E-state index is -1.01. The first-order valence-corrected chi connectivity index (χ1v) is 3.80. The summed E-state index contributed by atoms with van der Waals surface area (Å²) in [6, 6.07) is 0. The van der Waals surface area contributed by atoms with E-state index in [1.165, 1.54) is 6.20 Å². The molecule has 0 aliphatic carbocycles. The molecule has 0 bridgehead atoms. The normalized spacial score (nSPS) is 12.9. The molecule has 0 aliphatic rings. The fourth-order valence-corrected chi connectivity index (χ4v) is 1.27. The van der Waals surface area contributed by atoms with Crippen molar-refractivity contribution in [1.82, 2.24) is 4.98 Å². The molecule has 0 aliphatic heterocycles. The summed E-state index contributed by atoms with van der Waals surface area (Å²) < 4.78 is 0. The number of thiazole rings is 1. The van der Waals surface area contributed by atoms with E-state index in [4.69, 9.17) is 10.2 Å². The van der Waals surface area contributed by atoms with Gasteiger partial charge in [-0.15, -0.1) is 11.3 Å². The van der Waals surface area contributed by atoms with Gasteiger partial charge in [0.1, 0.15) is 16.0 Å². The lowest BCUT2D eigenvalue weighted by Crippen LogP contribution is -1.90. The zero-order valence-electron chi connectivity index (χ0n) is 5.81. The van der Waals surface area contributed by atoms with Gasteiger partial charge in [-0.2, -0.15) is 0 Å². The molecular formula is C6H7NO3S. The molecule has 1 rings (SSSR count). The molecule has 4 nitrogen and oxygen atoms in total. The Morgan fingerprint density at radius 1 is 1.82 bits per heavy atom. The number of aliphatic hydroxyl groups is 1. The third-order valence-corrected chi connectivity index (χ3v) is 2.25. The van der Waals surface area contributed by atoms with Gasteiger partial charge >= 0.3 is 5.97 Å². The minimum Gasteiger partial charge on any atom is -0.477 e. The summed E-state index contributed by atoms with van der Waals surface area (Å²) in [6.45, 7) is 1.55. The van der Waals surface area contributed by atoms with Gasteiger partial charge in [-0.05, 0) is 6.92 Å². The van der Waals surface area contributed by atoms with E-state index in [2.05, 4.69) is 4.98 Å². The van der Waals surface area contributed by atoms with E-state index in [1.54, 1.807) is 6.92 Å². The largest absolute Gasteiger partial charge is 0.477 e. The Hall–Kier alpha value is -0.940. The highest BCUT2D eigenvalue weighted by atomic mass is 32.1. The van der Waals surface area contributed by atoms with Crippen LogP contribution in [0, 0.1) is 0 Å². The van der Waals surface area contributed by atoms with E-state index >= 15 is 0 Å². The molecule has 2 N–H and O–H groups in total. The van der Waals surface area contributed by atoms with Crippen LogP contribution in [0.5, 0.6) is 0 Å². The van der Waals surface area contributed by atoms with Crippen LogP contribution in [-0.4, -0.2) is 21.2 Å². The minimum absolute atomic E-state index is 0.154. The van der Waals surface area contributed by atoms with Gasteiger partial charge in [-0.25, -0.2) is 9.78 Å². The first-order chi connectivity index (χ1) is 5.11. The average Bonchev–Trinajstić information content (AvgIpc) is 2.33. The molecule has 5 heteroatoms. The van der Waals surface area contributed by atoms with Crippen LogP contribution in [0.1, 0.15) is 27.7 Å². The SMILES string of the molecule is CC(O)c1ncc(C(=O)O)s1. The van der Waals surface area contributed by atoms with Crippen LogP contribution in [-0.2, 0) is 0 Å². The maximum absolute atomic E-state index is 10.3. The highest BCUT2D eigenvalue weighted by molar-refractivity contribution is 7.13. The van der Waals surface area contributed by atoms with Crippen molar-refractivity contribution in [3.8, 4) is 0 Å². The molecule has 60 valence electrons. The molecule has 0 saturated carbocycles. The molecule has 1 heterocycles. The first kappa shape index (κ1) is 8.16. The van der Waals surface area contributed by atoms with Gasteiger partial charge in [0.2, 0.25) is 0 Å².